The molecule has 0 aliphatic heterocycles. The van der Waals surface area contributed by atoms with E-state index in [1.807, 2.05) is 13.8 Å². The molecular formula is C12H21NO3. The number of carbonyl (C=O) groups excluding carboxylic acids is 2. The number of allylic oxidation sites excluding steroid dienone is 1. The maximum absolute atomic E-state index is 11.7. The number of rotatable bonds is 5. The van der Waals surface area contributed by atoms with Crippen LogP contribution in [0.5, 0.6) is 0 Å². The van der Waals surface area contributed by atoms with Gasteiger partial charge >= 0.3 is 5.97 Å². The number of esters is 1. The average Bonchev–Trinajstić information content (AvgIpc) is 2.17. The summed E-state index contributed by atoms with van der Waals surface area (Å²) in [4.78, 5) is 22.9. The lowest BCUT2D eigenvalue weighted by Crippen LogP contribution is -2.25. The molecule has 0 saturated heterocycles. The monoisotopic (exact) mass is 227 g/mol. The Morgan fingerprint density at radius 1 is 1.25 bits per heavy atom. The molecule has 0 aliphatic carbocycles. The molecule has 0 unspecified atom stereocenters. The van der Waals surface area contributed by atoms with Crippen molar-refractivity contribution in [2.75, 3.05) is 6.61 Å². The SMILES string of the molecule is CCOC(=O)/C(=C(/C)NC(=O)CC)C(C)C. The van der Waals surface area contributed by atoms with Gasteiger partial charge in [-0.15, -0.1) is 0 Å². The lowest BCUT2D eigenvalue weighted by atomic mass is 10.0. The van der Waals surface area contributed by atoms with Crippen LogP contribution in [-0.2, 0) is 14.3 Å². The van der Waals surface area contributed by atoms with Crippen molar-refractivity contribution in [2.24, 2.45) is 5.92 Å². The van der Waals surface area contributed by atoms with E-state index in [-0.39, 0.29) is 17.8 Å². The summed E-state index contributed by atoms with van der Waals surface area (Å²) in [5.41, 5.74) is 1.11. The summed E-state index contributed by atoms with van der Waals surface area (Å²) in [6.07, 6.45) is 0.394. The Hall–Kier alpha value is -1.32. The fraction of sp³-hybridized carbons (Fsp3) is 0.667. The first-order chi connectivity index (χ1) is 7.43. The van der Waals surface area contributed by atoms with Crippen molar-refractivity contribution in [1.29, 1.82) is 0 Å². The van der Waals surface area contributed by atoms with E-state index in [0.29, 0.717) is 24.3 Å². The lowest BCUT2D eigenvalue weighted by molar-refractivity contribution is -0.139. The molecule has 1 N–H and O–H groups in total. The Morgan fingerprint density at radius 2 is 1.81 bits per heavy atom. The molecular weight excluding hydrogens is 206 g/mol. The number of ether oxygens (including phenoxy) is 1. The van der Waals surface area contributed by atoms with Gasteiger partial charge in [0.25, 0.3) is 0 Å². The summed E-state index contributed by atoms with van der Waals surface area (Å²) >= 11 is 0. The molecule has 0 spiro atoms. The van der Waals surface area contributed by atoms with Crippen molar-refractivity contribution >= 4 is 11.9 Å². The molecule has 4 nitrogen and oxygen atoms in total. The maximum atomic E-state index is 11.7. The van der Waals surface area contributed by atoms with Crippen LogP contribution in [-0.4, -0.2) is 18.5 Å². The molecule has 0 fully saturated rings. The third kappa shape index (κ3) is 4.47. The minimum atomic E-state index is -0.355. The van der Waals surface area contributed by atoms with Gasteiger partial charge < -0.3 is 10.1 Å². The zero-order valence-electron chi connectivity index (χ0n) is 10.7. The molecule has 0 aromatic carbocycles. The topological polar surface area (TPSA) is 55.4 Å². The quantitative estimate of drug-likeness (QED) is 0.577. The maximum Gasteiger partial charge on any atom is 0.336 e. The third-order valence-electron chi connectivity index (χ3n) is 2.12. The molecule has 0 aromatic heterocycles. The summed E-state index contributed by atoms with van der Waals surface area (Å²) in [6.45, 7) is 9.38. The van der Waals surface area contributed by atoms with Crippen LogP contribution < -0.4 is 5.32 Å². The molecule has 0 rings (SSSR count). The van der Waals surface area contributed by atoms with E-state index in [9.17, 15) is 9.59 Å². The van der Waals surface area contributed by atoms with Crippen molar-refractivity contribution in [1.82, 2.24) is 5.32 Å². The second-order valence-electron chi connectivity index (χ2n) is 3.82. The Labute approximate surface area is 97.1 Å². The molecule has 16 heavy (non-hydrogen) atoms. The van der Waals surface area contributed by atoms with Crippen LogP contribution in [0.2, 0.25) is 0 Å². The van der Waals surface area contributed by atoms with Gasteiger partial charge in [-0.2, -0.15) is 0 Å². The first-order valence-corrected chi connectivity index (χ1v) is 5.61. The van der Waals surface area contributed by atoms with Crippen LogP contribution in [0.4, 0.5) is 0 Å². The zero-order valence-corrected chi connectivity index (χ0v) is 10.7. The second kappa shape index (κ2) is 7.04. The summed E-state index contributed by atoms with van der Waals surface area (Å²) in [5.74, 6) is -0.428. The molecule has 0 aliphatic rings. The molecule has 1 amide bonds. The highest BCUT2D eigenvalue weighted by Gasteiger charge is 2.18. The van der Waals surface area contributed by atoms with E-state index in [1.165, 1.54) is 0 Å². The van der Waals surface area contributed by atoms with E-state index in [2.05, 4.69) is 5.32 Å². The van der Waals surface area contributed by atoms with Crippen molar-refractivity contribution < 1.29 is 14.3 Å². The smallest absolute Gasteiger partial charge is 0.336 e. The fourth-order valence-electron chi connectivity index (χ4n) is 1.40. The van der Waals surface area contributed by atoms with Gasteiger partial charge in [-0.05, 0) is 19.8 Å². The highest BCUT2D eigenvalue weighted by molar-refractivity contribution is 5.91. The molecule has 92 valence electrons. The predicted octanol–water partition coefficient (Wildman–Crippen LogP) is 2.01. The van der Waals surface area contributed by atoms with E-state index in [0.717, 1.165) is 0 Å². The average molecular weight is 227 g/mol. The minimum absolute atomic E-state index is 0.0243. The van der Waals surface area contributed by atoms with Crippen molar-refractivity contribution in [2.45, 2.75) is 41.0 Å². The first kappa shape index (κ1) is 14.7. The molecule has 0 radical (unpaired) electrons. The normalized spacial score (nSPS) is 12.1. The van der Waals surface area contributed by atoms with Crippen molar-refractivity contribution in [3.05, 3.63) is 11.3 Å². The Bertz CT molecular complexity index is 293. The van der Waals surface area contributed by atoms with Crippen LogP contribution in [0, 0.1) is 5.92 Å². The van der Waals surface area contributed by atoms with Crippen LogP contribution in [0.15, 0.2) is 11.3 Å². The molecule has 0 bridgehead atoms. The Kier molecular flexibility index (Phi) is 6.46. The summed E-state index contributed by atoms with van der Waals surface area (Å²) in [7, 11) is 0. The molecule has 0 aromatic rings. The Balaban J connectivity index is 4.92. The number of hydrogen-bond acceptors (Lipinski definition) is 3. The molecule has 0 saturated carbocycles. The number of carbonyl (C=O) groups is 2. The van der Waals surface area contributed by atoms with Gasteiger partial charge in [-0.1, -0.05) is 20.8 Å². The first-order valence-electron chi connectivity index (χ1n) is 5.61. The lowest BCUT2D eigenvalue weighted by Gasteiger charge is -2.14. The minimum Gasteiger partial charge on any atom is -0.463 e. The second-order valence-corrected chi connectivity index (χ2v) is 3.82. The van der Waals surface area contributed by atoms with Crippen LogP contribution in [0.1, 0.15) is 41.0 Å². The highest BCUT2D eigenvalue weighted by atomic mass is 16.5. The number of amides is 1. The highest BCUT2D eigenvalue weighted by Crippen LogP contribution is 2.15. The Morgan fingerprint density at radius 3 is 2.19 bits per heavy atom. The van der Waals surface area contributed by atoms with Crippen molar-refractivity contribution in [3.63, 3.8) is 0 Å². The van der Waals surface area contributed by atoms with E-state index >= 15 is 0 Å². The summed E-state index contributed by atoms with van der Waals surface area (Å²) < 4.78 is 4.95. The van der Waals surface area contributed by atoms with Gasteiger partial charge in [0.2, 0.25) is 5.91 Å². The van der Waals surface area contributed by atoms with Crippen LogP contribution >= 0.6 is 0 Å². The van der Waals surface area contributed by atoms with E-state index in [4.69, 9.17) is 4.74 Å². The van der Waals surface area contributed by atoms with Gasteiger partial charge in [-0.25, -0.2) is 4.79 Å². The van der Waals surface area contributed by atoms with E-state index < -0.39 is 0 Å². The van der Waals surface area contributed by atoms with Crippen molar-refractivity contribution in [3.8, 4) is 0 Å². The largest absolute Gasteiger partial charge is 0.463 e. The van der Waals surface area contributed by atoms with Crippen LogP contribution in [0.25, 0.3) is 0 Å². The third-order valence-corrected chi connectivity index (χ3v) is 2.12. The van der Waals surface area contributed by atoms with Crippen LogP contribution in [0.3, 0.4) is 0 Å². The fourth-order valence-corrected chi connectivity index (χ4v) is 1.40. The summed E-state index contributed by atoms with van der Waals surface area (Å²) in [5, 5.41) is 2.69. The summed E-state index contributed by atoms with van der Waals surface area (Å²) in [6, 6.07) is 0. The number of hydrogen-bond donors (Lipinski definition) is 1. The molecule has 4 heteroatoms. The van der Waals surface area contributed by atoms with Gasteiger partial charge in [-0.3, -0.25) is 4.79 Å². The zero-order chi connectivity index (χ0) is 12.7. The molecule has 0 heterocycles. The van der Waals surface area contributed by atoms with E-state index in [1.54, 1.807) is 20.8 Å². The predicted molar refractivity (Wildman–Crippen MR) is 62.6 cm³/mol. The van der Waals surface area contributed by atoms with Gasteiger partial charge in [0, 0.05) is 12.1 Å². The van der Waals surface area contributed by atoms with Gasteiger partial charge in [0.15, 0.2) is 0 Å². The number of nitrogens with one attached hydrogen (secondary N) is 1. The van der Waals surface area contributed by atoms with Gasteiger partial charge in [0.1, 0.15) is 0 Å². The molecule has 0 atom stereocenters. The van der Waals surface area contributed by atoms with Gasteiger partial charge in [0.05, 0.1) is 12.2 Å². The standard InChI is InChI=1S/C12H21NO3/c1-6-10(14)13-9(5)11(8(3)4)12(15)16-7-2/h8H,6-7H2,1-5H3,(H,13,14)/b11-9-.